The molecule has 0 aliphatic heterocycles. The van der Waals surface area contributed by atoms with Crippen LogP contribution in [0.5, 0.6) is 0 Å². The molecule has 1 aliphatic carbocycles. The van der Waals surface area contributed by atoms with Crippen molar-refractivity contribution in [1.29, 1.82) is 0 Å². The summed E-state index contributed by atoms with van der Waals surface area (Å²) < 4.78 is 0. The molecule has 0 N–H and O–H groups in total. The first-order chi connectivity index (χ1) is 8.35. The molecule has 1 aliphatic rings. The summed E-state index contributed by atoms with van der Waals surface area (Å²) >= 11 is 0. The lowest BCUT2D eigenvalue weighted by molar-refractivity contribution is 0.380. The number of rotatable bonds is 7. The van der Waals surface area contributed by atoms with Gasteiger partial charge < -0.3 is 0 Å². The average Bonchev–Trinajstić information content (AvgIpc) is 3.11. The molecule has 94 valence electrons. The van der Waals surface area contributed by atoms with Crippen molar-refractivity contribution < 1.29 is 0 Å². The summed E-state index contributed by atoms with van der Waals surface area (Å²) in [5.41, 5.74) is 1.53. The number of unbranched alkanes of at least 4 members (excludes halogenated alkanes) is 1. The van der Waals surface area contributed by atoms with Gasteiger partial charge in [-0.3, -0.25) is 0 Å². The standard InChI is InChI=1S/C17H26/c1-3-5-11-15(4-2)17-13-16(17)12-14-9-7-6-8-10-14/h6-10,15-17H,3-5,11-13H2,1-2H3. The Balaban J connectivity index is 1.79. The van der Waals surface area contributed by atoms with Gasteiger partial charge in [0, 0.05) is 0 Å². The summed E-state index contributed by atoms with van der Waals surface area (Å²) in [6.07, 6.45) is 8.42. The Morgan fingerprint density at radius 3 is 2.59 bits per heavy atom. The Bertz CT molecular complexity index is 314. The zero-order valence-corrected chi connectivity index (χ0v) is 11.4. The first-order valence-corrected chi connectivity index (χ1v) is 7.39. The van der Waals surface area contributed by atoms with Crippen molar-refractivity contribution in [3.05, 3.63) is 35.9 Å². The van der Waals surface area contributed by atoms with Crippen LogP contribution in [0.1, 0.15) is 51.5 Å². The van der Waals surface area contributed by atoms with Crippen LogP contribution in [-0.2, 0) is 6.42 Å². The van der Waals surface area contributed by atoms with Crippen molar-refractivity contribution >= 4 is 0 Å². The van der Waals surface area contributed by atoms with Gasteiger partial charge in [-0.25, -0.2) is 0 Å². The minimum absolute atomic E-state index is 0.985. The van der Waals surface area contributed by atoms with Crippen molar-refractivity contribution in [2.24, 2.45) is 17.8 Å². The maximum Gasteiger partial charge on any atom is -0.0248 e. The molecular formula is C17H26. The van der Waals surface area contributed by atoms with Gasteiger partial charge in [-0.2, -0.15) is 0 Å². The van der Waals surface area contributed by atoms with Gasteiger partial charge in [-0.1, -0.05) is 69.9 Å². The predicted octanol–water partition coefficient (Wildman–Crippen LogP) is 5.08. The van der Waals surface area contributed by atoms with Crippen LogP contribution in [0.4, 0.5) is 0 Å². The van der Waals surface area contributed by atoms with Gasteiger partial charge in [0.1, 0.15) is 0 Å². The first-order valence-electron chi connectivity index (χ1n) is 7.39. The molecule has 0 saturated heterocycles. The first kappa shape index (κ1) is 12.7. The van der Waals surface area contributed by atoms with E-state index in [9.17, 15) is 0 Å². The van der Waals surface area contributed by atoms with E-state index in [2.05, 4.69) is 44.2 Å². The largest absolute Gasteiger partial charge is 0.0654 e. The summed E-state index contributed by atoms with van der Waals surface area (Å²) in [6, 6.07) is 11.0. The van der Waals surface area contributed by atoms with Gasteiger partial charge >= 0.3 is 0 Å². The zero-order valence-electron chi connectivity index (χ0n) is 11.4. The van der Waals surface area contributed by atoms with E-state index in [1.54, 1.807) is 0 Å². The van der Waals surface area contributed by atoms with E-state index >= 15 is 0 Å². The molecule has 0 radical (unpaired) electrons. The van der Waals surface area contributed by atoms with Crippen LogP contribution in [0.2, 0.25) is 0 Å². The number of benzene rings is 1. The van der Waals surface area contributed by atoms with Crippen LogP contribution in [0.15, 0.2) is 30.3 Å². The average molecular weight is 230 g/mol. The van der Waals surface area contributed by atoms with E-state index in [0.29, 0.717) is 0 Å². The quantitative estimate of drug-likeness (QED) is 0.612. The van der Waals surface area contributed by atoms with Crippen LogP contribution >= 0.6 is 0 Å². The fourth-order valence-electron chi connectivity index (χ4n) is 3.19. The Hall–Kier alpha value is -0.780. The highest BCUT2D eigenvalue weighted by atomic mass is 14.5. The maximum absolute atomic E-state index is 2.37. The molecule has 2 rings (SSSR count). The normalized spacial score (nSPS) is 24.6. The smallest absolute Gasteiger partial charge is 0.0248 e. The Kier molecular flexibility index (Phi) is 4.65. The second kappa shape index (κ2) is 6.23. The summed E-state index contributed by atoms with van der Waals surface area (Å²) in [7, 11) is 0. The molecule has 1 aromatic rings. The number of hydrogen-bond donors (Lipinski definition) is 0. The molecule has 0 bridgehead atoms. The van der Waals surface area contributed by atoms with E-state index in [0.717, 1.165) is 17.8 Å². The lowest BCUT2D eigenvalue weighted by atomic mass is 9.92. The van der Waals surface area contributed by atoms with E-state index in [-0.39, 0.29) is 0 Å². The fourth-order valence-corrected chi connectivity index (χ4v) is 3.19. The van der Waals surface area contributed by atoms with E-state index in [1.807, 2.05) is 0 Å². The molecule has 17 heavy (non-hydrogen) atoms. The SMILES string of the molecule is CCCCC(CC)C1CC1Cc1ccccc1. The highest BCUT2D eigenvalue weighted by Crippen LogP contribution is 2.48. The van der Waals surface area contributed by atoms with Crippen molar-refractivity contribution in [2.45, 2.75) is 52.4 Å². The third-order valence-corrected chi connectivity index (χ3v) is 4.38. The third kappa shape index (κ3) is 3.59. The second-order valence-corrected chi connectivity index (χ2v) is 5.66. The second-order valence-electron chi connectivity index (χ2n) is 5.66. The molecule has 1 saturated carbocycles. The molecule has 3 unspecified atom stereocenters. The fraction of sp³-hybridized carbons (Fsp3) is 0.647. The van der Waals surface area contributed by atoms with Crippen LogP contribution in [0.3, 0.4) is 0 Å². The summed E-state index contributed by atoms with van der Waals surface area (Å²) in [5, 5.41) is 0. The van der Waals surface area contributed by atoms with E-state index < -0.39 is 0 Å². The maximum atomic E-state index is 2.37. The predicted molar refractivity (Wildman–Crippen MR) is 75.0 cm³/mol. The molecule has 0 amide bonds. The van der Waals surface area contributed by atoms with Crippen LogP contribution < -0.4 is 0 Å². The highest BCUT2D eigenvalue weighted by Gasteiger charge is 2.41. The van der Waals surface area contributed by atoms with E-state index in [4.69, 9.17) is 0 Å². The minimum atomic E-state index is 0.985. The molecular weight excluding hydrogens is 204 g/mol. The van der Waals surface area contributed by atoms with Crippen molar-refractivity contribution in [2.75, 3.05) is 0 Å². The molecule has 0 aromatic heterocycles. The summed E-state index contributed by atoms with van der Waals surface area (Å²) in [4.78, 5) is 0. The Morgan fingerprint density at radius 2 is 1.94 bits per heavy atom. The molecule has 1 fully saturated rings. The monoisotopic (exact) mass is 230 g/mol. The van der Waals surface area contributed by atoms with Crippen LogP contribution in [-0.4, -0.2) is 0 Å². The topological polar surface area (TPSA) is 0 Å². The van der Waals surface area contributed by atoms with E-state index in [1.165, 1.54) is 44.1 Å². The van der Waals surface area contributed by atoms with Gasteiger partial charge in [0.15, 0.2) is 0 Å². The van der Waals surface area contributed by atoms with Gasteiger partial charge in [-0.05, 0) is 36.2 Å². The molecule has 0 nitrogen and oxygen atoms in total. The summed E-state index contributed by atoms with van der Waals surface area (Å²) in [6.45, 7) is 4.68. The van der Waals surface area contributed by atoms with Gasteiger partial charge in [0.25, 0.3) is 0 Å². The molecule has 0 heterocycles. The molecule has 1 aromatic carbocycles. The zero-order chi connectivity index (χ0) is 12.1. The molecule has 3 atom stereocenters. The summed E-state index contributed by atoms with van der Waals surface area (Å²) in [5.74, 6) is 3.02. The van der Waals surface area contributed by atoms with Crippen molar-refractivity contribution in [3.63, 3.8) is 0 Å². The lowest BCUT2D eigenvalue weighted by Crippen LogP contribution is -2.04. The van der Waals surface area contributed by atoms with Crippen molar-refractivity contribution in [3.8, 4) is 0 Å². The molecule has 0 heteroatoms. The van der Waals surface area contributed by atoms with Gasteiger partial charge in [-0.15, -0.1) is 0 Å². The van der Waals surface area contributed by atoms with Gasteiger partial charge in [0.05, 0.1) is 0 Å². The molecule has 0 spiro atoms. The Labute approximate surface area is 106 Å². The number of hydrogen-bond acceptors (Lipinski definition) is 0. The Morgan fingerprint density at radius 1 is 1.18 bits per heavy atom. The van der Waals surface area contributed by atoms with Gasteiger partial charge in [0.2, 0.25) is 0 Å². The van der Waals surface area contributed by atoms with Crippen LogP contribution in [0, 0.1) is 17.8 Å². The highest BCUT2D eigenvalue weighted by molar-refractivity contribution is 5.17. The van der Waals surface area contributed by atoms with Crippen molar-refractivity contribution in [1.82, 2.24) is 0 Å². The minimum Gasteiger partial charge on any atom is -0.0654 e. The third-order valence-electron chi connectivity index (χ3n) is 4.38. The van der Waals surface area contributed by atoms with Crippen LogP contribution in [0.25, 0.3) is 0 Å². The lowest BCUT2D eigenvalue weighted by Gasteiger charge is -2.14.